The third kappa shape index (κ3) is 3.75. The Morgan fingerprint density at radius 2 is 2.07 bits per heavy atom. The Bertz CT molecular complexity index is 1030. The van der Waals surface area contributed by atoms with Crippen molar-refractivity contribution < 1.29 is 13.9 Å². The number of halogens is 1. The Hall–Kier alpha value is -3.15. The number of carbonyl (C=O) groups is 1. The number of amides is 1. The zero-order valence-electron chi connectivity index (χ0n) is 16.6. The third-order valence-corrected chi connectivity index (χ3v) is 5.56. The van der Waals surface area contributed by atoms with E-state index in [1.54, 1.807) is 38.4 Å². The number of hydrogen-bond donors (Lipinski definition) is 0. The van der Waals surface area contributed by atoms with Gasteiger partial charge in [-0.2, -0.15) is 5.10 Å². The number of ether oxygens (including phenoxy) is 1. The summed E-state index contributed by atoms with van der Waals surface area (Å²) in [6.07, 6.45) is 4.26. The minimum absolute atomic E-state index is 0.0458. The summed E-state index contributed by atoms with van der Waals surface area (Å²) in [6, 6.07) is 14.5. The summed E-state index contributed by atoms with van der Waals surface area (Å²) in [4.78, 5) is 15.2. The first-order valence-electron chi connectivity index (χ1n) is 9.82. The topological polar surface area (TPSA) is 47.4 Å². The Labute approximate surface area is 169 Å². The molecule has 1 unspecified atom stereocenters. The van der Waals surface area contributed by atoms with Crippen molar-refractivity contribution in [1.82, 2.24) is 14.7 Å². The second-order valence-electron chi connectivity index (χ2n) is 7.36. The molecule has 5 nitrogen and oxygen atoms in total. The van der Waals surface area contributed by atoms with Crippen molar-refractivity contribution in [3.8, 4) is 11.4 Å². The quantitative estimate of drug-likeness (QED) is 0.653. The van der Waals surface area contributed by atoms with Gasteiger partial charge in [0, 0.05) is 12.6 Å². The highest BCUT2D eigenvalue weighted by Crippen LogP contribution is 2.26. The second kappa shape index (κ2) is 8.07. The second-order valence-corrected chi connectivity index (χ2v) is 7.36. The molecule has 1 aliphatic rings. The highest BCUT2D eigenvalue weighted by atomic mass is 19.1. The molecule has 150 valence electrons. The molecule has 1 amide bonds. The zero-order chi connectivity index (χ0) is 20.4. The van der Waals surface area contributed by atoms with Gasteiger partial charge in [0.05, 0.1) is 24.6 Å². The fraction of sp³-hybridized carbons (Fsp3) is 0.304. The fourth-order valence-electron chi connectivity index (χ4n) is 4.03. The molecule has 4 rings (SSSR count). The predicted molar refractivity (Wildman–Crippen MR) is 109 cm³/mol. The average molecular weight is 393 g/mol. The van der Waals surface area contributed by atoms with Gasteiger partial charge in [-0.15, -0.1) is 0 Å². The number of rotatable bonds is 5. The standard InChI is InChI=1S/C23H24FN3O2/c1-16-20(15-25-27(16)22-11-4-3-10-21(22)24)23(28)26-12-6-8-18(26)13-17-7-5-9-19(14-17)29-2/h3-5,7,9-11,14-15,18H,6,8,12-13H2,1-2H3. The van der Waals surface area contributed by atoms with Crippen LogP contribution in [0.5, 0.6) is 5.75 Å². The summed E-state index contributed by atoms with van der Waals surface area (Å²) in [6.45, 7) is 2.53. The predicted octanol–water partition coefficient (Wildman–Crippen LogP) is 4.18. The van der Waals surface area contributed by atoms with Gasteiger partial charge in [0.15, 0.2) is 0 Å². The maximum atomic E-state index is 14.2. The summed E-state index contributed by atoms with van der Waals surface area (Å²) >= 11 is 0. The van der Waals surface area contributed by atoms with Crippen molar-refractivity contribution in [3.63, 3.8) is 0 Å². The number of carbonyl (C=O) groups excluding carboxylic acids is 1. The molecule has 0 saturated carbocycles. The molecular weight excluding hydrogens is 369 g/mol. The summed E-state index contributed by atoms with van der Waals surface area (Å²) in [5.41, 5.74) is 2.66. The molecule has 2 heterocycles. The van der Waals surface area contributed by atoms with Crippen molar-refractivity contribution in [1.29, 1.82) is 0 Å². The normalized spacial score (nSPS) is 16.2. The molecule has 1 fully saturated rings. The van der Waals surface area contributed by atoms with Crippen molar-refractivity contribution in [3.05, 3.63) is 77.4 Å². The number of aromatic nitrogens is 2. The number of nitrogens with zero attached hydrogens (tertiary/aromatic N) is 3. The van der Waals surface area contributed by atoms with Crippen molar-refractivity contribution >= 4 is 5.91 Å². The zero-order valence-corrected chi connectivity index (χ0v) is 16.6. The monoisotopic (exact) mass is 393 g/mol. The van der Waals surface area contributed by atoms with Crippen LogP contribution in [0.2, 0.25) is 0 Å². The Balaban J connectivity index is 1.57. The van der Waals surface area contributed by atoms with Crippen molar-refractivity contribution in [2.45, 2.75) is 32.2 Å². The van der Waals surface area contributed by atoms with Gasteiger partial charge in [-0.1, -0.05) is 24.3 Å². The summed E-state index contributed by atoms with van der Waals surface area (Å²) in [7, 11) is 1.65. The van der Waals surface area contributed by atoms with E-state index in [0.717, 1.165) is 37.1 Å². The van der Waals surface area contributed by atoms with Gasteiger partial charge >= 0.3 is 0 Å². The van der Waals surface area contributed by atoms with E-state index >= 15 is 0 Å². The van der Waals surface area contributed by atoms with Crippen LogP contribution in [-0.2, 0) is 6.42 Å². The third-order valence-electron chi connectivity index (χ3n) is 5.56. The van der Waals surface area contributed by atoms with Crippen LogP contribution >= 0.6 is 0 Å². The van der Waals surface area contributed by atoms with Gasteiger partial charge in [-0.05, 0) is 56.0 Å². The first-order valence-corrected chi connectivity index (χ1v) is 9.82. The highest BCUT2D eigenvalue weighted by molar-refractivity contribution is 5.95. The van der Waals surface area contributed by atoms with Gasteiger partial charge in [-0.3, -0.25) is 4.79 Å². The van der Waals surface area contributed by atoms with Gasteiger partial charge in [0.1, 0.15) is 17.3 Å². The molecule has 29 heavy (non-hydrogen) atoms. The van der Waals surface area contributed by atoms with Gasteiger partial charge in [0.25, 0.3) is 5.91 Å². The first kappa shape index (κ1) is 19.2. The van der Waals surface area contributed by atoms with Gasteiger partial charge in [0.2, 0.25) is 0 Å². The van der Waals surface area contributed by atoms with Crippen LogP contribution in [0.25, 0.3) is 5.69 Å². The van der Waals surface area contributed by atoms with Crippen LogP contribution in [-0.4, -0.2) is 40.3 Å². The Morgan fingerprint density at radius 1 is 1.24 bits per heavy atom. The summed E-state index contributed by atoms with van der Waals surface area (Å²) < 4.78 is 21.0. The molecule has 6 heteroatoms. The SMILES string of the molecule is COc1cccc(CC2CCCN2C(=O)c2cnn(-c3ccccc3F)c2C)c1. The van der Waals surface area contributed by atoms with Crippen molar-refractivity contribution in [2.24, 2.45) is 0 Å². The summed E-state index contributed by atoms with van der Waals surface area (Å²) in [5.74, 6) is 0.408. The van der Waals surface area contributed by atoms with Gasteiger partial charge in [-0.25, -0.2) is 9.07 Å². The molecule has 2 aromatic carbocycles. The molecule has 1 atom stereocenters. The molecule has 0 aliphatic carbocycles. The molecule has 0 radical (unpaired) electrons. The van der Waals surface area contributed by atoms with E-state index in [1.165, 1.54) is 10.7 Å². The molecule has 1 aliphatic heterocycles. The van der Waals surface area contributed by atoms with Crippen LogP contribution in [0.4, 0.5) is 4.39 Å². The van der Waals surface area contributed by atoms with Gasteiger partial charge < -0.3 is 9.64 Å². The Kier molecular flexibility index (Phi) is 5.34. The van der Waals surface area contributed by atoms with Crippen LogP contribution < -0.4 is 4.74 Å². The van der Waals surface area contributed by atoms with E-state index in [4.69, 9.17) is 4.74 Å². The molecule has 0 spiro atoms. The van der Waals surface area contributed by atoms with E-state index in [0.29, 0.717) is 16.9 Å². The smallest absolute Gasteiger partial charge is 0.257 e. The average Bonchev–Trinajstić information content (AvgIpc) is 3.35. The molecule has 3 aromatic rings. The lowest BCUT2D eigenvalue weighted by Gasteiger charge is -2.25. The lowest BCUT2D eigenvalue weighted by molar-refractivity contribution is 0.0735. The Morgan fingerprint density at radius 3 is 2.86 bits per heavy atom. The maximum Gasteiger partial charge on any atom is 0.257 e. The lowest BCUT2D eigenvalue weighted by atomic mass is 10.0. The number of para-hydroxylation sites is 1. The number of methoxy groups -OCH3 is 1. The lowest BCUT2D eigenvalue weighted by Crippen LogP contribution is -2.37. The summed E-state index contributed by atoms with van der Waals surface area (Å²) in [5, 5.41) is 4.28. The van der Waals surface area contributed by atoms with E-state index in [-0.39, 0.29) is 17.8 Å². The van der Waals surface area contributed by atoms with E-state index in [2.05, 4.69) is 11.2 Å². The van der Waals surface area contributed by atoms with E-state index in [9.17, 15) is 9.18 Å². The number of hydrogen-bond acceptors (Lipinski definition) is 3. The highest BCUT2D eigenvalue weighted by Gasteiger charge is 2.31. The minimum atomic E-state index is -0.366. The molecule has 1 aromatic heterocycles. The fourth-order valence-corrected chi connectivity index (χ4v) is 4.03. The molecule has 0 N–H and O–H groups in total. The van der Waals surface area contributed by atoms with E-state index < -0.39 is 0 Å². The maximum absolute atomic E-state index is 14.2. The molecule has 1 saturated heterocycles. The molecular formula is C23H24FN3O2. The van der Waals surface area contributed by atoms with E-state index in [1.807, 2.05) is 23.1 Å². The van der Waals surface area contributed by atoms with Crippen LogP contribution in [0.1, 0.15) is 34.5 Å². The van der Waals surface area contributed by atoms with Crippen LogP contribution in [0, 0.1) is 12.7 Å². The first-order chi connectivity index (χ1) is 14.1. The largest absolute Gasteiger partial charge is 0.497 e. The number of benzene rings is 2. The molecule has 0 bridgehead atoms. The van der Waals surface area contributed by atoms with Crippen molar-refractivity contribution in [2.75, 3.05) is 13.7 Å². The minimum Gasteiger partial charge on any atom is -0.497 e. The number of likely N-dealkylation sites (tertiary alicyclic amines) is 1. The van der Waals surface area contributed by atoms with Crippen LogP contribution in [0.3, 0.4) is 0 Å². The van der Waals surface area contributed by atoms with Crippen LogP contribution in [0.15, 0.2) is 54.7 Å².